The number of rotatable bonds is 6. The van der Waals surface area contributed by atoms with Gasteiger partial charge in [0, 0.05) is 30.7 Å². The molecular weight excluding hydrogens is 454 g/mol. The van der Waals surface area contributed by atoms with Crippen LogP contribution in [0.1, 0.15) is 19.8 Å². The predicted molar refractivity (Wildman–Crippen MR) is 82.9 cm³/mol. The monoisotopic (exact) mass is 463 g/mol. The molecule has 0 saturated heterocycles. The van der Waals surface area contributed by atoms with Crippen molar-refractivity contribution in [2.75, 3.05) is 6.54 Å². The van der Waals surface area contributed by atoms with Crippen molar-refractivity contribution in [3.63, 3.8) is 0 Å². The van der Waals surface area contributed by atoms with Crippen molar-refractivity contribution < 1.29 is 0 Å². The van der Waals surface area contributed by atoms with Gasteiger partial charge in [-0.15, -0.1) is 0 Å². The summed E-state index contributed by atoms with van der Waals surface area (Å²) in [4.78, 5) is 0. The number of hydrogen-bond donors (Lipinski definition) is 1. The molecule has 0 heterocycles. The Morgan fingerprint density at radius 2 is 1.80 bits per heavy atom. The molecule has 0 saturated carbocycles. The van der Waals surface area contributed by atoms with Gasteiger partial charge in [0.1, 0.15) is 0 Å². The molecule has 1 nitrogen and oxygen atoms in total. The molecule has 0 bridgehead atoms. The standard InChI is InChI=1S/C10H13Br4N/c1-3-4-5-15-6-8(12)10(14)9(13)7(2)11/h6,15H,2-5H2,1H3/b8-6+,10-9-. The van der Waals surface area contributed by atoms with Crippen LogP contribution in [0.3, 0.4) is 0 Å². The fourth-order valence-corrected chi connectivity index (χ4v) is 2.39. The molecule has 0 atom stereocenters. The molecule has 0 aliphatic rings. The zero-order valence-corrected chi connectivity index (χ0v) is 14.8. The van der Waals surface area contributed by atoms with Crippen LogP contribution in [0.2, 0.25) is 0 Å². The van der Waals surface area contributed by atoms with Gasteiger partial charge < -0.3 is 5.32 Å². The topological polar surface area (TPSA) is 12.0 Å². The zero-order chi connectivity index (χ0) is 11.8. The number of halogens is 4. The summed E-state index contributed by atoms with van der Waals surface area (Å²) in [6, 6.07) is 0. The summed E-state index contributed by atoms with van der Waals surface area (Å²) in [6.07, 6.45) is 4.29. The van der Waals surface area contributed by atoms with E-state index >= 15 is 0 Å². The van der Waals surface area contributed by atoms with Gasteiger partial charge in [0.25, 0.3) is 0 Å². The molecule has 15 heavy (non-hydrogen) atoms. The molecule has 0 amide bonds. The van der Waals surface area contributed by atoms with Crippen LogP contribution < -0.4 is 5.32 Å². The summed E-state index contributed by atoms with van der Waals surface area (Å²) in [5.74, 6) is 0. The lowest BCUT2D eigenvalue weighted by Crippen LogP contribution is -2.06. The van der Waals surface area contributed by atoms with Gasteiger partial charge in [0.15, 0.2) is 0 Å². The first-order chi connectivity index (χ1) is 7.00. The van der Waals surface area contributed by atoms with Crippen molar-refractivity contribution in [3.8, 4) is 0 Å². The lowest BCUT2D eigenvalue weighted by Gasteiger charge is -2.04. The largest absolute Gasteiger partial charge is 0.390 e. The highest BCUT2D eigenvalue weighted by atomic mass is 79.9. The summed E-state index contributed by atoms with van der Waals surface area (Å²) in [5, 5.41) is 3.22. The van der Waals surface area contributed by atoms with E-state index in [1.54, 1.807) is 0 Å². The number of hydrogen-bond acceptors (Lipinski definition) is 1. The van der Waals surface area contributed by atoms with E-state index in [4.69, 9.17) is 0 Å². The Hall–Kier alpha value is 0.940. The Balaban J connectivity index is 4.36. The van der Waals surface area contributed by atoms with Gasteiger partial charge in [-0.3, -0.25) is 0 Å². The molecule has 0 fully saturated rings. The first kappa shape index (κ1) is 15.9. The van der Waals surface area contributed by atoms with Crippen molar-refractivity contribution in [2.45, 2.75) is 19.8 Å². The van der Waals surface area contributed by atoms with E-state index < -0.39 is 0 Å². The number of nitrogens with one attached hydrogen (secondary N) is 1. The summed E-state index contributed by atoms with van der Waals surface area (Å²) >= 11 is 13.7. The van der Waals surface area contributed by atoms with Gasteiger partial charge >= 0.3 is 0 Å². The third-order valence-corrected chi connectivity index (χ3v) is 5.86. The third-order valence-electron chi connectivity index (χ3n) is 1.54. The van der Waals surface area contributed by atoms with Crippen molar-refractivity contribution in [1.29, 1.82) is 0 Å². The number of unbranched alkanes of at least 4 members (excludes halogenated alkanes) is 1. The molecule has 0 aliphatic heterocycles. The second kappa shape index (κ2) is 9.02. The summed E-state index contributed by atoms with van der Waals surface area (Å²) in [6.45, 7) is 6.93. The minimum Gasteiger partial charge on any atom is -0.390 e. The van der Waals surface area contributed by atoms with Crippen LogP contribution in [0.5, 0.6) is 0 Å². The van der Waals surface area contributed by atoms with Crippen molar-refractivity contribution >= 4 is 63.7 Å². The maximum Gasteiger partial charge on any atom is 0.0485 e. The quantitative estimate of drug-likeness (QED) is 0.401. The summed E-state index contributed by atoms with van der Waals surface area (Å²) < 4.78 is 3.57. The lowest BCUT2D eigenvalue weighted by atomic mass is 10.3. The minimum atomic E-state index is 0.799. The van der Waals surface area contributed by atoms with Crippen molar-refractivity contribution in [2.24, 2.45) is 0 Å². The van der Waals surface area contributed by atoms with E-state index in [1.165, 1.54) is 12.8 Å². The molecule has 0 aromatic rings. The molecule has 1 N–H and O–H groups in total. The SMILES string of the molecule is C=C(Br)/C(Br)=C(Br)\C(Br)=C/NCCCC. The van der Waals surface area contributed by atoms with Gasteiger partial charge in [0.2, 0.25) is 0 Å². The molecule has 0 spiro atoms. The molecular formula is C10H13Br4N. The highest BCUT2D eigenvalue weighted by molar-refractivity contribution is 9.17. The molecule has 86 valence electrons. The second-order valence-electron chi connectivity index (χ2n) is 2.83. The molecule has 0 aliphatic carbocycles. The van der Waals surface area contributed by atoms with Crippen molar-refractivity contribution in [1.82, 2.24) is 5.32 Å². The molecule has 0 aromatic heterocycles. The van der Waals surface area contributed by atoms with Gasteiger partial charge in [0.05, 0.1) is 0 Å². The number of allylic oxidation sites excluding steroid dienone is 4. The van der Waals surface area contributed by atoms with Crippen LogP contribution in [0.15, 0.2) is 30.7 Å². The molecule has 0 unspecified atom stereocenters. The van der Waals surface area contributed by atoms with Crippen molar-refractivity contribution in [3.05, 3.63) is 30.7 Å². The maximum absolute atomic E-state index is 3.78. The van der Waals surface area contributed by atoms with E-state index in [9.17, 15) is 0 Å². The Kier molecular flexibility index (Phi) is 9.59. The van der Waals surface area contributed by atoms with Gasteiger partial charge in [-0.2, -0.15) is 0 Å². The lowest BCUT2D eigenvalue weighted by molar-refractivity contribution is 0.735. The van der Waals surface area contributed by atoms with Crippen LogP contribution in [-0.2, 0) is 0 Å². The first-order valence-corrected chi connectivity index (χ1v) is 7.67. The fourth-order valence-electron chi connectivity index (χ4n) is 0.728. The second-order valence-corrected chi connectivity index (χ2v) is 6.23. The Bertz CT molecular complexity index is 281. The average molecular weight is 467 g/mol. The Morgan fingerprint density at radius 1 is 1.20 bits per heavy atom. The van der Waals surface area contributed by atoms with E-state index in [1.807, 2.05) is 6.20 Å². The normalized spacial score (nSPS) is 13.5. The molecule has 5 heteroatoms. The van der Waals surface area contributed by atoms with E-state index in [0.717, 1.165) is 24.5 Å². The molecule has 0 rings (SSSR count). The zero-order valence-electron chi connectivity index (χ0n) is 8.42. The first-order valence-electron chi connectivity index (χ1n) is 4.50. The van der Waals surface area contributed by atoms with Crippen LogP contribution in [0.4, 0.5) is 0 Å². The van der Waals surface area contributed by atoms with Gasteiger partial charge in [-0.05, 0) is 54.2 Å². The molecule has 0 aromatic carbocycles. The molecule has 0 radical (unpaired) electrons. The Morgan fingerprint density at radius 3 is 2.27 bits per heavy atom. The van der Waals surface area contributed by atoms with Crippen LogP contribution >= 0.6 is 63.7 Å². The average Bonchev–Trinajstić information content (AvgIpc) is 2.21. The van der Waals surface area contributed by atoms with Crippen LogP contribution in [0, 0.1) is 0 Å². The summed E-state index contributed by atoms with van der Waals surface area (Å²) in [7, 11) is 0. The van der Waals surface area contributed by atoms with Gasteiger partial charge in [-0.1, -0.05) is 35.9 Å². The van der Waals surface area contributed by atoms with Crippen LogP contribution in [-0.4, -0.2) is 6.54 Å². The van der Waals surface area contributed by atoms with E-state index in [-0.39, 0.29) is 0 Å². The van der Waals surface area contributed by atoms with Crippen LogP contribution in [0.25, 0.3) is 0 Å². The highest BCUT2D eigenvalue weighted by Gasteiger charge is 2.05. The minimum absolute atomic E-state index is 0.799. The summed E-state index contributed by atoms with van der Waals surface area (Å²) in [5.41, 5.74) is 0. The van der Waals surface area contributed by atoms with E-state index in [2.05, 4.69) is 82.5 Å². The third kappa shape index (κ3) is 6.97. The van der Waals surface area contributed by atoms with E-state index in [0.29, 0.717) is 0 Å². The van der Waals surface area contributed by atoms with Gasteiger partial charge in [-0.25, -0.2) is 0 Å². The maximum atomic E-state index is 3.78. The predicted octanol–water partition coefficient (Wildman–Crippen LogP) is 5.52. The smallest absolute Gasteiger partial charge is 0.0485 e. The fraction of sp³-hybridized carbons (Fsp3) is 0.400. The highest BCUT2D eigenvalue weighted by Crippen LogP contribution is 2.34. The Labute approximate surface area is 125 Å².